The number of esters is 1. The number of halogens is 3. The zero-order chi connectivity index (χ0) is 9.99. The molecule has 0 N–H and O–H groups in total. The number of ether oxygens (including phenoxy) is 1. The van der Waals surface area contributed by atoms with Gasteiger partial charge in [-0.25, -0.2) is 4.79 Å². The molecule has 0 aliphatic carbocycles. The summed E-state index contributed by atoms with van der Waals surface area (Å²) < 4.78 is 60.6. The minimum Gasteiger partial charge on any atom is -0.464 e. The average molecular weight is 208 g/mol. The van der Waals surface area contributed by atoms with E-state index in [1.54, 1.807) is 0 Å². The summed E-state index contributed by atoms with van der Waals surface area (Å²) in [4.78, 5) is 10.0. The van der Waals surface area contributed by atoms with Crippen molar-refractivity contribution in [3.05, 3.63) is 0 Å². The van der Waals surface area contributed by atoms with Gasteiger partial charge in [0.2, 0.25) is 0 Å². The predicted molar refractivity (Wildman–Crippen MR) is 28.1 cm³/mol. The van der Waals surface area contributed by atoms with Gasteiger partial charge in [-0.15, -0.1) is 0 Å². The fourth-order valence-corrected chi connectivity index (χ4v) is 0.627. The first-order valence-electron chi connectivity index (χ1n) is 2.30. The third kappa shape index (κ3) is 1.67. The molecule has 0 amide bonds. The Balaban J connectivity index is 4.99. The lowest BCUT2D eigenvalue weighted by Crippen LogP contribution is -2.38. The van der Waals surface area contributed by atoms with E-state index >= 15 is 0 Å². The first kappa shape index (κ1) is 11.2. The Morgan fingerprint density at radius 2 is 1.83 bits per heavy atom. The first-order chi connectivity index (χ1) is 5.29. The third-order valence-electron chi connectivity index (χ3n) is 0.820. The molecule has 72 valence electrons. The Morgan fingerprint density at radius 1 is 1.42 bits per heavy atom. The maximum Gasteiger partial charge on any atom is 0.468 e. The molecule has 0 saturated carbocycles. The predicted octanol–water partition coefficient (Wildman–Crippen LogP) is -0.0169. The normalized spacial score (nSPS) is 12.7. The molecule has 0 saturated heterocycles. The molecule has 0 heterocycles. The molecule has 12 heavy (non-hydrogen) atoms. The second-order valence-electron chi connectivity index (χ2n) is 1.53. The molecule has 0 fully saturated rings. The first-order valence-corrected chi connectivity index (χ1v) is 3.71. The van der Waals surface area contributed by atoms with Gasteiger partial charge >= 0.3 is 21.3 Å². The van der Waals surface area contributed by atoms with Gasteiger partial charge in [-0.05, 0) is 4.53 Å². The van der Waals surface area contributed by atoms with E-state index in [1.165, 1.54) is 0 Å². The highest BCUT2D eigenvalue weighted by Crippen LogP contribution is 2.24. The minimum atomic E-state index is -5.88. The van der Waals surface area contributed by atoms with Crippen molar-refractivity contribution in [2.75, 3.05) is 7.11 Å². The summed E-state index contributed by atoms with van der Waals surface area (Å²) in [5, 5.41) is -5.03. The van der Waals surface area contributed by atoms with Crippen molar-refractivity contribution in [1.82, 2.24) is 0 Å². The van der Waals surface area contributed by atoms with E-state index in [9.17, 15) is 26.5 Å². The second kappa shape index (κ2) is 3.27. The maximum absolute atomic E-state index is 12.2. The molecule has 9 heteroatoms. The molecule has 0 spiro atoms. The Kier molecular flexibility index (Phi) is 3.04. The van der Waals surface area contributed by atoms with Crippen LogP contribution in [0.1, 0.15) is 0 Å². The van der Waals surface area contributed by atoms with Gasteiger partial charge in [-0.2, -0.15) is 17.2 Å². The number of carbonyl (C=O) groups excluding carboxylic acids is 1. The lowest BCUT2D eigenvalue weighted by atomic mass is 10.7. The Hall–Kier alpha value is -0.830. The van der Waals surface area contributed by atoms with Crippen LogP contribution >= 0.6 is 0 Å². The highest BCUT2D eigenvalue weighted by molar-refractivity contribution is 7.88. The summed E-state index contributed by atoms with van der Waals surface area (Å²) in [5.74, 6) is -2.42. The summed E-state index contributed by atoms with van der Waals surface area (Å²) in [6.45, 7) is 0. The van der Waals surface area contributed by atoms with Crippen LogP contribution in [-0.4, -0.2) is 26.8 Å². The van der Waals surface area contributed by atoms with Crippen molar-refractivity contribution in [2.24, 2.45) is 0 Å². The standard InChI is InChI=1S/C3H3F3O5S/c1-10-2(7)3(4,5)12(8,9)11-6/h1H3. The van der Waals surface area contributed by atoms with Gasteiger partial charge in [0.25, 0.3) is 0 Å². The van der Waals surface area contributed by atoms with Gasteiger partial charge in [0.1, 0.15) is 0 Å². The molecule has 0 radical (unpaired) electrons. The van der Waals surface area contributed by atoms with E-state index in [-0.39, 0.29) is 0 Å². The highest BCUT2D eigenvalue weighted by atomic mass is 32.2. The molecule has 0 aromatic rings. The zero-order valence-corrected chi connectivity index (χ0v) is 6.40. The Labute approximate surface area is 65.1 Å². The molecule has 0 bridgehead atoms. The molecule has 0 atom stereocenters. The van der Waals surface area contributed by atoms with E-state index in [1.807, 2.05) is 4.39 Å². The summed E-state index contributed by atoms with van der Waals surface area (Å²) in [7, 11) is -5.37. The summed E-state index contributed by atoms with van der Waals surface area (Å²) >= 11 is 0. The van der Waals surface area contributed by atoms with Crippen molar-refractivity contribution in [1.29, 1.82) is 0 Å². The van der Waals surface area contributed by atoms with Crippen molar-refractivity contribution in [2.45, 2.75) is 5.25 Å². The molecule has 5 nitrogen and oxygen atoms in total. The number of rotatable bonds is 3. The van der Waals surface area contributed by atoms with E-state index in [2.05, 4.69) is 4.74 Å². The van der Waals surface area contributed by atoms with Crippen LogP contribution in [-0.2, 0) is 24.0 Å². The fourth-order valence-electron chi connectivity index (χ4n) is 0.260. The van der Waals surface area contributed by atoms with Crippen LogP contribution in [0.3, 0.4) is 0 Å². The number of carbonyl (C=O) groups is 1. The molecular formula is C3H3F3O5S. The minimum absolute atomic E-state index is 0.518. The lowest BCUT2D eigenvalue weighted by Gasteiger charge is -2.09. The van der Waals surface area contributed by atoms with Gasteiger partial charge in [0.05, 0.1) is 7.11 Å². The van der Waals surface area contributed by atoms with Crippen LogP contribution in [0.15, 0.2) is 0 Å². The monoisotopic (exact) mass is 208 g/mol. The van der Waals surface area contributed by atoms with Crippen LogP contribution in [0.5, 0.6) is 0 Å². The SMILES string of the molecule is COC(=O)C(F)(F)S(=O)(=O)OF. The number of hydrogen-bond acceptors (Lipinski definition) is 5. The Bertz CT molecular complexity index is 270. The molecule has 0 aromatic carbocycles. The summed E-state index contributed by atoms with van der Waals surface area (Å²) in [5.41, 5.74) is 0. The van der Waals surface area contributed by atoms with E-state index in [0.717, 1.165) is 0 Å². The largest absolute Gasteiger partial charge is 0.468 e. The molecule has 0 aromatic heterocycles. The van der Waals surface area contributed by atoms with Gasteiger partial charge in [-0.1, -0.05) is 4.39 Å². The number of alkyl halides is 2. The quantitative estimate of drug-likeness (QED) is 0.609. The van der Waals surface area contributed by atoms with E-state index < -0.39 is 21.3 Å². The second-order valence-corrected chi connectivity index (χ2v) is 3.07. The molecule has 0 unspecified atom stereocenters. The topological polar surface area (TPSA) is 69.7 Å². The van der Waals surface area contributed by atoms with E-state index in [0.29, 0.717) is 7.11 Å². The van der Waals surface area contributed by atoms with Crippen LogP contribution < -0.4 is 0 Å². The molecule has 0 rings (SSSR count). The Morgan fingerprint density at radius 3 is 2.08 bits per heavy atom. The van der Waals surface area contributed by atoms with Crippen LogP contribution in [0.2, 0.25) is 0 Å². The fraction of sp³-hybridized carbons (Fsp3) is 0.667. The van der Waals surface area contributed by atoms with Crippen molar-refractivity contribution in [3.8, 4) is 0 Å². The van der Waals surface area contributed by atoms with Crippen molar-refractivity contribution >= 4 is 16.1 Å². The van der Waals surface area contributed by atoms with Gasteiger partial charge < -0.3 is 4.74 Å². The van der Waals surface area contributed by atoms with Crippen LogP contribution in [0.25, 0.3) is 0 Å². The summed E-state index contributed by atoms with van der Waals surface area (Å²) in [6.07, 6.45) is 0. The van der Waals surface area contributed by atoms with Crippen molar-refractivity contribution in [3.63, 3.8) is 0 Å². The number of hydrogen-bond donors (Lipinski definition) is 0. The molecule has 0 aliphatic rings. The lowest BCUT2D eigenvalue weighted by molar-refractivity contribution is -0.159. The van der Waals surface area contributed by atoms with Crippen LogP contribution in [0, 0.1) is 0 Å². The summed E-state index contributed by atoms with van der Waals surface area (Å²) in [6, 6.07) is 0. The zero-order valence-electron chi connectivity index (χ0n) is 5.58. The number of methoxy groups -OCH3 is 1. The van der Waals surface area contributed by atoms with E-state index in [4.69, 9.17) is 0 Å². The molecule has 0 aliphatic heterocycles. The van der Waals surface area contributed by atoms with Gasteiger partial charge in [-0.3, -0.25) is 0 Å². The third-order valence-corrected chi connectivity index (χ3v) is 1.78. The van der Waals surface area contributed by atoms with Crippen LogP contribution in [0.4, 0.5) is 13.3 Å². The smallest absolute Gasteiger partial charge is 0.464 e. The van der Waals surface area contributed by atoms with Gasteiger partial charge in [0.15, 0.2) is 0 Å². The average Bonchev–Trinajstić information content (AvgIpc) is 2.02. The highest BCUT2D eigenvalue weighted by Gasteiger charge is 2.56. The van der Waals surface area contributed by atoms with Crippen molar-refractivity contribution < 1.29 is 35.6 Å². The molecular weight excluding hydrogens is 205 g/mol. The maximum atomic E-state index is 12.2. The van der Waals surface area contributed by atoms with Gasteiger partial charge in [0, 0.05) is 0 Å².